The summed E-state index contributed by atoms with van der Waals surface area (Å²) in [6.45, 7) is 0. The third-order valence-electron chi connectivity index (χ3n) is 0. The van der Waals surface area contributed by atoms with E-state index in [0.29, 0.717) is 0 Å². The van der Waals surface area contributed by atoms with Crippen LogP contribution in [0.2, 0.25) is 0 Å². The van der Waals surface area contributed by atoms with Gasteiger partial charge in [-0.05, 0) is 0 Å². The van der Waals surface area contributed by atoms with Crippen LogP contribution in [-0.4, -0.2) is 59.3 Å². The second kappa shape index (κ2) is 17.5. The SMILES string of the molecule is [Al].[Li].[Mg].[Ti]. The van der Waals surface area contributed by atoms with Crippen molar-refractivity contribution in [1.82, 2.24) is 0 Å². The predicted molar refractivity (Wildman–Crippen MR) is 17.3 cm³/mol. The molecule has 0 nitrogen and oxygen atoms in total. The molecule has 10 valence electrons. The van der Waals surface area contributed by atoms with Gasteiger partial charge >= 0.3 is 0 Å². The fraction of sp³-hybridized carbons (Fsp3) is 0. The van der Waals surface area contributed by atoms with Crippen molar-refractivity contribution in [2.75, 3.05) is 0 Å². The maximum atomic E-state index is 0. The minimum absolute atomic E-state index is 0. The van der Waals surface area contributed by atoms with Gasteiger partial charge in [-0.1, -0.05) is 0 Å². The molecule has 4 heavy (non-hydrogen) atoms. The maximum absolute atomic E-state index is 0. The van der Waals surface area contributed by atoms with E-state index in [1.54, 1.807) is 0 Å². The van der Waals surface area contributed by atoms with Gasteiger partial charge in [0.2, 0.25) is 0 Å². The standard InChI is InChI=1S/Al.Li.Mg.Ti. The molecule has 0 unspecified atom stereocenters. The van der Waals surface area contributed by atoms with Crippen LogP contribution in [0.15, 0.2) is 0 Å². The Hall–Kier alpha value is 2.61. The van der Waals surface area contributed by atoms with Crippen LogP contribution in [0, 0.1) is 0 Å². The summed E-state index contributed by atoms with van der Waals surface area (Å²) >= 11 is 0. The molecule has 0 bridgehead atoms. The monoisotopic (exact) mass is 106 g/mol. The topological polar surface area (TPSA) is 0 Å². The smallest absolute Gasteiger partial charge is 0 e. The van der Waals surface area contributed by atoms with E-state index in [-0.39, 0.29) is 81.0 Å². The summed E-state index contributed by atoms with van der Waals surface area (Å²) in [5, 5.41) is 0. The number of hydrogen-bond donors (Lipinski definition) is 0. The minimum Gasteiger partial charge on any atom is 0 e. The van der Waals surface area contributed by atoms with Crippen LogP contribution in [0.25, 0.3) is 0 Å². The Bertz CT molecular complexity index is 8.00. The van der Waals surface area contributed by atoms with Crippen molar-refractivity contribution in [3.8, 4) is 0 Å². The Kier molecular flexibility index (Phi) is 134. The third-order valence-corrected chi connectivity index (χ3v) is 0. The molecule has 0 saturated carbocycles. The van der Waals surface area contributed by atoms with Gasteiger partial charge in [-0.15, -0.1) is 0 Å². The van der Waals surface area contributed by atoms with Crippen LogP contribution < -0.4 is 0 Å². The van der Waals surface area contributed by atoms with E-state index in [9.17, 15) is 0 Å². The summed E-state index contributed by atoms with van der Waals surface area (Å²) < 4.78 is 0. The van der Waals surface area contributed by atoms with Gasteiger partial charge < -0.3 is 0 Å². The Labute approximate surface area is 79.8 Å². The molecule has 0 amide bonds. The van der Waals surface area contributed by atoms with E-state index in [2.05, 4.69) is 0 Å². The summed E-state index contributed by atoms with van der Waals surface area (Å²) in [6.07, 6.45) is 0. The summed E-state index contributed by atoms with van der Waals surface area (Å²) in [5.41, 5.74) is 0. The van der Waals surface area contributed by atoms with E-state index >= 15 is 0 Å². The van der Waals surface area contributed by atoms with Crippen molar-refractivity contribution in [2.24, 2.45) is 0 Å². The van der Waals surface area contributed by atoms with Crippen molar-refractivity contribution < 1.29 is 21.7 Å². The fourth-order valence-corrected chi connectivity index (χ4v) is 0. The third kappa shape index (κ3) is 8.82. The number of rotatable bonds is 0. The molecule has 0 rings (SSSR count). The summed E-state index contributed by atoms with van der Waals surface area (Å²) in [4.78, 5) is 0. The number of hydrogen-bond acceptors (Lipinski definition) is 0. The minimum atomic E-state index is 0. The van der Waals surface area contributed by atoms with Crippen molar-refractivity contribution in [2.45, 2.75) is 0 Å². The van der Waals surface area contributed by atoms with Gasteiger partial charge in [0.25, 0.3) is 0 Å². The second-order valence-electron chi connectivity index (χ2n) is 0. The van der Waals surface area contributed by atoms with Crippen LogP contribution in [0.3, 0.4) is 0 Å². The van der Waals surface area contributed by atoms with E-state index in [1.165, 1.54) is 0 Å². The van der Waals surface area contributed by atoms with E-state index in [4.69, 9.17) is 0 Å². The average molecular weight is 106 g/mol. The first-order chi connectivity index (χ1) is 0. The predicted octanol–water partition coefficient (Wildman–Crippen LogP) is -1.14. The van der Waals surface area contributed by atoms with Crippen LogP contribution >= 0.6 is 0 Å². The normalized spacial score (nSPS) is 0. The summed E-state index contributed by atoms with van der Waals surface area (Å²) in [5.74, 6) is 0. The Morgan fingerprint density at radius 2 is 1.00 bits per heavy atom. The molecule has 0 heterocycles. The molecule has 0 aromatic rings. The van der Waals surface area contributed by atoms with Gasteiger partial charge in [-0.25, -0.2) is 0 Å². The largest absolute Gasteiger partial charge is 0 e. The first kappa shape index (κ1) is 30.5. The van der Waals surface area contributed by atoms with Crippen LogP contribution in [-0.2, 0) is 21.7 Å². The van der Waals surface area contributed by atoms with E-state index in [1.807, 2.05) is 0 Å². The quantitative estimate of drug-likeness (QED) is 0.342. The van der Waals surface area contributed by atoms with Gasteiger partial charge in [0.05, 0.1) is 0 Å². The summed E-state index contributed by atoms with van der Waals surface area (Å²) in [7, 11) is 0. The Balaban J connectivity index is 0. The first-order valence-corrected chi connectivity index (χ1v) is 0. The molecule has 0 aromatic heterocycles. The summed E-state index contributed by atoms with van der Waals surface area (Å²) in [6, 6.07) is 0. The molecule has 0 aliphatic rings. The molecule has 4 heteroatoms. The molecule has 0 fully saturated rings. The molecule has 0 aliphatic carbocycles. The first-order valence-electron chi connectivity index (χ1n) is 0. The van der Waals surface area contributed by atoms with Gasteiger partial charge in [-0.3, -0.25) is 0 Å². The van der Waals surface area contributed by atoms with E-state index in [0.717, 1.165) is 0 Å². The molecule has 6 radical (unpaired) electrons. The van der Waals surface area contributed by atoms with Crippen LogP contribution in [0.1, 0.15) is 0 Å². The van der Waals surface area contributed by atoms with Gasteiger partial charge in [0, 0.05) is 81.0 Å². The molecule has 0 N–H and O–H groups in total. The average Bonchev–Trinajstić information content (AvgIpc) is 0. The molecule has 0 saturated heterocycles. The van der Waals surface area contributed by atoms with Crippen molar-refractivity contribution in [1.29, 1.82) is 0 Å². The van der Waals surface area contributed by atoms with Crippen LogP contribution in [0.4, 0.5) is 0 Å². The molecule has 0 spiro atoms. The van der Waals surface area contributed by atoms with Gasteiger partial charge in [0.1, 0.15) is 0 Å². The zero-order chi connectivity index (χ0) is 0. The zero-order valence-electron chi connectivity index (χ0n) is 2.78. The van der Waals surface area contributed by atoms with Crippen molar-refractivity contribution in [3.63, 3.8) is 0 Å². The van der Waals surface area contributed by atoms with Crippen molar-refractivity contribution in [3.05, 3.63) is 0 Å². The fourth-order valence-electron chi connectivity index (χ4n) is 0. The van der Waals surface area contributed by atoms with Crippen LogP contribution in [0.5, 0.6) is 0 Å². The Morgan fingerprint density at radius 1 is 1.00 bits per heavy atom. The van der Waals surface area contributed by atoms with Gasteiger partial charge in [0.15, 0.2) is 0 Å². The maximum Gasteiger partial charge on any atom is 0 e. The molecule has 0 aliphatic heterocycles. The van der Waals surface area contributed by atoms with Crippen molar-refractivity contribution >= 4 is 59.3 Å². The zero-order valence-corrected chi connectivity index (χ0v) is 6.91. The van der Waals surface area contributed by atoms with E-state index < -0.39 is 0 Å². The second-order valence-corrected chi connectivity index (χ2v) is 0. The molecule has 0 aromatic carbocycles. The molecular formula is AlLiMgTi. The molecule has 0 atom stereocenters. The molecular weight excluding hydrogens is 106 g/mol. The van der Waals surface area contributed by atoms with Gasteiger partial charge in [-0.2, -0.15) is 0 Å². The Morgan fingerprint density at radius 3 is 1.00 bits per heavy atom.